The van der Waals surface area contributed by atoms with Gasteiger partial charge in [0, 0.05) is 60.2 Å². The van der Waals surface area contributed by atoms with Crippen LogP contribution in [0.4, 0.5) is 51.2 Å². The van der Waals surface area contributed by atoms with Crippen LogP contribution in [0.5, 0.6) is 0 Å². The lowest BCUT2D eigenvalue weighted by Crippen LogP contribution is -2.34. The summed E-state index contributed by atoms with van der Waals surface area (Å²) in [5, 5.41) is 1.28. The van der Waals surface area contributed by atoms with E-state index in [4.69, 9.17) is 0 Å². The molecule has 2 heterocycles. The summed E-state index contributed by atoms with van der Waals surface area (Å²) >= 11 is 1.96. The molecule has 4 aliphatic rings. The van der Waals surface area contributed by atoms with Crippen LogP contribution in [0.3, 0.4) is 0 Å². The van der Waals surface area contributed by atoms with Crippen molar-refractivity contribution in [3.63, 3.8) is 0 Å². The molecular formula is C79H66BN3S. The molecule has 5 heteroatoms. The van der Waals surface area contributed by atoms with E-state index in [-0.39, 0.29) is 16.2 Å². The number of thiophene rings is 1. The second-order valence-electron chi connectivity index (χ2n) is 25.4. The molecule has 406 valence electrons. The Morgan fingerprint density at radius 3 is 1.92 bits per heavy atom. The molecule has 3 aliphatic carbocycles. The molecule has 0 amide bonds. The Hall–Kier alpha value is -9.08. The number of rotatable bonds is 7. The third kappa shape index (κ3) is 8.09. The Kier molecular flexibility index (Phi) is 12.0. The molecule has 0 radical (unpaired) electrons. The molecule has 1 aromatic heterocycles. The minimum absolute atomic E-state index is 0.00423. The molecule has 0 N–H and O–H groups in total. The van der Waals surface area contributed by atoms with Gasteiger partial charge in [-0.15, -0.1) is 11.3 Å². The van der Waals surface area contributed by atoms with Gasteiger partial charge in [-0.3, -0.25) is 0 Å². The Labute approximate surface area is 500 Å². The quantitative estimate of drug-likeness (QED) is 0.147. The summed E-state index contributed by atoms with van der Waals surface area (Å²) in [4.78, 5) is 7.77. The molecule has 84 heavy (non-hydrogen) atoms. The topological polar surface area (TPSA) is 9.72 Å². The van der Waals surface area contributed by atoms with E-state index in [9.17, 15) is 0 Å². The van der Waals surface area contributed by atoms with E-state index >= 15 is 0 Å². The summed E-state index contributed by atoms with van der Waals surface area (Å²) < 4.78 is 2.63. The first-order valence-corrected chi connectivity index (χ1v) is 30.7. The lowest BCUT2D eigenvalue weighted by Gasteiger charge is -2.37. The maximum atomic E-state index is 3.50. The highest BCUT2D eigenvalue weighted by Crippen LogP contribution is 2.57. The maximum absolute atomic E-state index is 3.50. The Bertz CT molecular complexity index is 4530. The minimum atomic E-state index is -0.212. The van der Waals surface area contributed by atoms with Crippen molar-refractivity contribution in [2.45, 2.75) is 84.5 Å². The Morgan fingerprint density at radius 2 is 1.19 bits per heavy atom. The predicted molar refractivity (Wildman–Crippen MR) is 360 cm³/mol. The summed E-state index contributed by atoms with van der Waals surface area (Å²) in [6.45, 7) is 18.9. The number of hydrogen-bond acceptors (Lipinski definition) is 4. The largest absolute Gasteiger partial charge is 0.310 e. The van der Waals surface area contributed by atoms with E-state index in [0.717, 1.165) is 63.8 Å². The fraction of sp³-hybridized carbons (Fsp3) is 0.165. The van der Waals surface area contributed by atoms with Crippen LogP contribution in [0.15, 0.2) is 224 Å². The van der Waals surface area contributed by atoms with Crippen LogP contribution in [-0.2, 0) is 16.2 Å². The van der Waals surface area contributed by atoms with E-state index in [1.54, 1.807) is 0 Å². The smallest absolute Gasteiger partial charge is 0.210 e. The van der Waals surface area contributed by atoms with E-state index in [0.29, 0.717) is 7.28 Å². The molecule has 0 unspecified atom stereocenters. The lowest BCUT2D eigenvalue weighted by atomic mass is 9.66. The molecule has 15 rings (SSSR count). The van der Waals surface area contributed by atoms with Crippen LogP contribution in [0, 0.1) is 19.1 Å². The fourth-order valence-corrected chi connectivity index (χ4v) is 15.6. The van der Waals surface area contributed by atoms with Gasteiger partial charge in [0.05, 0.1) is 34.1 Å². The third-order valence-electron chi connectivity index (χ3n) is 18.7. The maximum Gasteiger partial charge on any atom is 0.210 e. The summed E-state index contributed by atoms with van der Waals surface area (Å²) in [5.41, 5.74) is 28.8. The van der Waals surface area contributed by atoms with Gasteiger partial charge in [0.1, 0.15) is 0 Å². The van der Waals surface area contributed by atoms with Crippen LogP contribution >= 0.6 is 11.3 Å². The first kappa shape index (κ1) is 51.8. The minimum Gasteiger partial charge on any atom is -0.310 e. The van der Waals surface area contributed by atoms with Gasteiger partial charge in [-0.25, -0.2) is 0 Å². The number of allylic oxidation sites excluding steroid dienone is 4. The highest BCUT2D eigenvalue weighted by molar-refractivity contribution is 7.29. The van der Waals surface area contributed by atoms with Crippen molar-refractivity contribution >= 4 is 95.7 Å². The number of fused-ring (bicyclic) bond motifs is 12. The summed E-state index contributed by atoms with van der Waals surface area (Å²) in [7, 11) is 0.697. The van der Waals surface area contributed by atoms with Crippen molar-refractivity contribution in [1.82, 2.24) is 0 Å². The number of anilines is 9. The van der Waals surface area contributed by atoms with Gasteiger partial charge in [0.25, 0.3) is 0 Å². The van der Waals surface area contributed by atoms with Crippen LogP contribution in [0.1, 0.15) is 100 Å². The normalized spacial score (nSPS) is 15.0. The van der Waals surface area contributed by atoms with Crippen molar-refractivity contribution < 1.29 is 0 Å². The number of para-hydroxylation sites is 2. The monoisotopic (exact) mass is 1100 g/mol. The van der Waals surface area contributed by atoms with Gasteiger partial charge >= 0.3 is 0 Å². The zero-order valence-electron chi connectivity index (χ0n) is 49.2. The van der Waals surface area contributed by atoms with Crippen molar-refractivity contribution in [2.75, 3.05) is 14.7 Å². The number of benzene rings is 9. The van der Waals surface area contributed by atoms with Crippen LogP contribution in [0.2, 0.25) is 0 Å². The second kappa shape index (κ2) is 19.5. The first-order chi connectivity index (χ1) is 40.8. The average molecular weight is 1100 g/mol. The third-order valence-corrected chi connectivity index (χ3v) is 19.8. The Balaban J connectivity index is 1.05. The highest BCUT2D eigenvalue weighted by atomic mass is 32.1. The first-order valence-electron chi connectivity index (χ1n) is 29.9. The Morgan fingerprint density at radius 1 is 0.548 bits per heavy atom. The van der Waals surface area contributed by atoms with Crippen LogP contribution in [-0.4, -0.2) is 7.28 Å². The molecule has 0 fully saturated rings. The summed E-state index contributed by atoms with van der Waals surface area (Å²) in [5.74, 6) is 0. The summed E-state index contributed by atoms with van der Waals surface area (Å²) in [6, 6.07) is 84.9. The SMILES string of the molecule is Cc1c2cccc1N(c1ccc(C(C)(C)C)cc1)c1c(sc3cc4c(cc13)-c1ccccc1C4(C)C)Bc1ccc(N(c3ccccc3C3=CCCC=C3)c3ccccc3-c3c#cccc3)cc1N2c1cccc2c1-c1ccccc1C2(C)C. The molecule has 0 saturated carbocycles. The van der Waals surface area contributed by atoms with Crippen molar-refractivity contribution in [2.24, 2.45) is 0 Å². The van der Waals surface area contributed by atoms with Gasteiger partial charge < -0.3 is 14.7 Å². The zero-order chi connectivity index (χ0) is 57.2. The van der Waals surface area contributed by atoms with E-state index in [2.05, 4.69) is 301 Å². The van der Waals surface area contributed by atoms with Crippen molar-refractivity contribution in [3.8, 4) is 33.4 Å². The second-order valence-corrected chi connectivity index (χ2v) is 26.5. The molecule has 1 aliphatic heterocycles. The molecule has 2 bridgehead atoms. The molecule has 0 saturated heterocycles. The van der Waals surface area contributed by atoms with Crippen molar-refractivity contribution in [3.05, 3.63) is 276 Å². The molecule has 10 aromatic carbocycles. The van der Waals surface area contributed by atoms with Gasteiger partial charge in [0.2, 0.25) is 7.28 Å². The van der Waals surface area contributed by atoms with Crippen LogP contribution in [0.25, 0.3) is 49.0 Å². The molecule has 0 spiro atoms. The van der Waals surface area contributed by atoms with Gasteiger partial charge in [0.15, 0.2) is 0 Å². The van der Waals surface area contributed by atoms with Crippen LogP contribution < -0.4 is 24.9 Å². The van der Waals surface area contributed by atoms with Gasteiger partial charge in [-0.05, 0) is 164 Å². The molecule has 3 nitrogen and oxygen atoms in total. The van der Waals surface area contributed by atoms with Gasteiger partial charge in [-0.2, -0.15) is 0 Å². The van der Waals surface area contributed by atoms with Crippen molar-refractivity contribution in [1.29, 1.82) is 0 Å². The standard InChI is InChI=1S/C79H66BN3S/c1-50-67-38-24-39-68(50)83(71-40-23-35-64-74(71)59-32-16-20-34-63(59)78(64,5)6)72-47-55(81(69-36-21-17-29-56(69)51-25-11-9-12-26-51)70-37-22-18-30-57(70)52-27-13-10-14-28-52)45-46-66(72)80-76-75(82(67)54-43-41-53(42-44-54)77(2,3)4)61-48-60-58-31-15-19-33-62(58)79(7,8)65(60)49-73(61)84-76/h9,11,13,15-25,27-49,80H,10,14H2,1-8H3. The molecule has 0 atom stereocenters. The lowest BCUT2D eigenvalue weighted by molar-refractivity contribution is 0.590. The average Bonchev–Trinajstić information content (AvgIpc) is 2.13. The zero-order valence-corrected chi connectivity index (χ0v) is 50.0. The summed E-state index contributed by atoms with van der Waals surface area (Å²) in [6.07, 6.45) is 9.08. The molecular weight excluding hydrogens is 1030 g/mol. The number of hydrogen-bond donors (Lipinski definition) is 0. The van der Waals surface area contributed by atoms with E-state index < -0.39 is 0 Å². The molecule has 11 aromatic rings. The fourth-order valence-electron chi connectivity index (χ4n) is 14.4. The number of nitrogens with zero attached hydrogens (tertiary/aromatic N) is 3. The van der Waals surface area contributed by atoms with E-state index in [1.165, 1.54) is 98.5 Å². The highest BCUT2D eigenvalue weighted by Gasteiger charge is 2.41. The van der Waals surface area contributed by atoms with Gasteiger partial charge in [-0.1, -0.05) is 212 Å². The van der Waals surface area contributed by atoms with E-state index in [1.807, 2.05) is 17.4 Å². The predicted octanol–water partition coefficient (Wildman–Crippen LogP) is 20.2.